The Labute approximate surface area is 99.9 Å². The van der Waals surface area contributed by atoms with Crippen molar-refractivity contribution >= 4 is 11.3 Å². The minimum atomic E-state index is -0.533. The molecule has 0 spiro atoms. The highest BCUT2D eigenvalue weighted by atomic mass is 32.1. The number of thiophene rings is 1. The lowest BCUT2D eigenvalue weighted by atomic mass is 10.3. The summed E-state index contributed by atoms with van der Waals surface area (Å²) in [6.45, 7) is 3.22. The molecule has 0 fully saturated rings. The van der Waals surface area contributed by atoms with Crippen LogP contribution >= 0.6 is 11.3 Å². The topological polar surface area (TPSA) is 61.7 Å². The summed E-state index contributed by atoms with van der Waals surface area (Å²) in [5.74, 6) is 0. The fourth-order valence-corrected chi connectivity index (χ4v) is 1.79. The zero-order valence-electron chi connectivity index (χ0n) is 9.43. The van der Waals surface area contributed by atoms with E-state index in [9.17, 15) is 5.11 Å². The van der Waals surface area contributed by atoms with Crippen molar-refractivity contribution in [3.05, 3.63) is 22.4 Å². The summed E-state index contributed by atoms with van der Waals surface area (Å²) in [6, 6.07) is 3.99. The Morgan fingerprint density at radius 2 is 2.38 bits per heavy atom. The molecule has 16 heavy (non-hydrogen) atoms. The molecule has 0 radical (unpaired) electrons. The van der Waals surface area contributed by atoms with Crippen LogP contribution in [0.15, 0.2) is 17.5 Å². The largest absolute Gasteiger partial charge is 0.395 e. The van der Waals surface area contributed by atoms with E-state index in [1.165, 1.54) is 0 Å². The zero-order chi connectivity index (χ0) is 11.8. The molecule has 1 heterocycles. The van der Waals surface area contributed by atoms with E-state index in [0.717, 1.165) is 4.88 Å². The van der Waals surface area contributed by atoms with Gasteiger partial charge in [0.25, 0.3) is 0 Å². The Hall–Kier alpha value is -0.460. The Kier molecular flexibility index (Phi) is 6.59. The van der Waals surface area contributed by atoms with Gasteiger partial charge >= 0.3 is 0 Å². The van der Waals surface area contributed by atoms with Crippen molar-refractivity contribution in [3.8, 4) is 0 Å². The number of aliphatic hydroxyl groups is 2. The monoisotopic (exact) mass is 245 g/mol. The van der Waals surface area contributed by atoms with Gasteiger partial charge in [-0.1, -0.05) is 6.07 Å². The normalized spacial score (nSPS) is 14.9. The van der Waals surface area contributed by atoms with Gasteiger partial charge in [0.05, 0.1) is 25.9 Å². The summed E-state index contributed by atoms with van der Waals surface area (Å²) < 4.78 is 5.36. The number of rotatable bonds is 8. The second kappa shape index (κ2) is 7.76. The number of hydrogen-bond donors (Lipinski definition) is 3. The zero-order valence-corrected chi connectivity index (χ0v) is 10.2. The van der Waals surface area contributed by atoms with Crippen molar-refractivity contribution in [3.63, 3.8) is 0 Å². The molecule has 2 unspecified atom stereocenters. The van der Waals surface area contributed by atoms with Crippen LogP contribution in [0, 0.1) is 0 Å². The standard InChI is InChI=1S/C11H19NO3S/c1-9(6-13)12-5-10(14)7-15-8-11-3-2-4-16-11/h2-4,9-10,12-14H,5-8H2,1H3. The van der Waals surface area contributed by atoms with Crippen LogP contribution in [0.25, 0.3) is 0 Å². The molecular weight excluding hydrogens is 226 g/mol. The predicted molar refractivity (Wildman–Crippen MR) is 64.5 cm³/mol. The predicted octanol–water partition coefficient (Wildman–Crippen LogP) is 0.596. The first-order chi connectivity index (χ1) is 7.72. The molecule has 0 aliphatic heterocycles. The third kappa shape index (κ3) is 5.58. The molecule has 1 aromatic heterocycles. The summed E-state index contributed by atoms with van der Waals surface area (Å²) >= 11 is 1.64. The third-order valence-electron chi connectivity index (χ3n) is 2.11. The molecule has 0 aliphatic rings. The molecule has 0 saturated carbocycles. The quantitative estimate of drug-likeness (QED) is 0.627. The van der Waals surface area contributed by atoms with Crippen LogP contribution in [0.1, 0.15) is 11.8 Å². The fourth-order valence-electron chi connectivity index (χ4n) is 1.15. The van der Waals surface area contributed by atoms with Crippen molar-refractivity contribution in [2.75, 3.05) is 19.8 Å². The Morgan fingerprint density at radius 3 is 3.00 bits per heavy atom. The lowest BCUT2D eigenvalue weighted by Crippen LogP contribution is -2.37. The summed E-state index contributed by atoms with van der Waals surface area (Å²) in [4.78, 5) is 1.16. The number of ether oxygens (including phenoxy) is 1. The van der Waals surface area contributed by atoms with Crippen LogP contribution in [0.3, 0.4) is 0 Å². The molecule has 92 valence electrons. The van der Waals surface area contributed by atoms with E-state index >= 15 is 0 Å². The van der Waals surface area contributed by atoms with Gasteiger partial charge in [-0.3, -0.25) is 0 Å². The smallest absolute Gasteiger partial charge is 0.0897 e. The van der Waals surface area contributed by atoms with E-state index in [0.29, 0.717) is 19.8 Å². The molecule has 3 N–H and O–H groups in total. The molecular formula is C11H19NO3S. The van der Waals surface area contributed by atoms with Crippen LogP contribution in [-0.4, -0.2) is 42.1 Å². The molecule has 0 amide bonds. The molecule has 0 saturated heterocycles. The summed E-state index contributed by atoms with van der Waals surface area (Å²) in [6.07, 6.45) is -0.533. The van der Waals surface area contributed by atoms with Gasteiger partial charge in [-0.25, -0.2) is 0 Å². The molecule has 5 heteroatoms. The fraction of sp³-hybridized carbons (Fsp3) is 0.636. The van der Waals surface area contributed by atoms with Gasteiger partial charge in [-0.15, -0.1) is 11.3 Å². The maximum Gasteiger partial charge on any atom is 0.0897 e. The van der Waals surface area contributed by atoms with Crippen LogP contribution in [0.2, 0.25) is 0 Å². The maximum atomic E-state index is 9.56. The first-order valence-electron chi connectivity index (χ1n) is 5.34. The van der Waals surface area contributed by atoms with Crippen molar-refractivity contribution in [1.29, 1.82) is 0 Å². The molecule has 0 aliphatic carbocycles. The first-order valence-corrected chi connectivity index (χ1v) is 6.22. The van der Waals surface area contributed by atoms with Gasteiger partial charge in [0.1, 0.15) is 0 Å². The van der Waals surface area contributed by atoms with E-state index in [2.05, 4.69) is 5.32 Å². The average molecular weight is 245 g/mol. The van der Waals surface area contributed by atoms with Crippen molar-refractivity contribution in [1.82, 2.24) is 5.32 Å². The van der Waals surface area contributed by atoms with Gasteiger partial charge in [0, 0.05) is 17.5 Å². The van der Waals surface area contributed by atoms with Gasteiger partial charge in [-0.05, 0) is 18.4 Å². The molecule has 2 atom stereocenters. The minimum absolute atomic E-state index is 0.00643. The van der Waals surface area contributed by atoms with Crippen LogP contribution in [0.5, 0.6) is 0 Å². The molecule has 4 nitrogen and oxygen atoms in total. The first kappa shape index (κ1) is 13.6. The minimum Gasteiger partial charge on any atom is -0.395 e. The second-order valence-electron chi connectivity index (χ2n) is 3.74. The number of hydrogen-bond acceptors (Lipinski definition) is 5. The van der Waals surface area contributed by atoms with Gasteiger partial charge in [0.15, 0.2) is 0 Å². The van der Waals surface area contributed by atoms with Crippen molar-refractivity contribution in [2.24, 2.45) is 0 Å². The average Bonchev–Trinajstić information content (AvgIpc) is 2.79. The maximum absolute atomic E-state index is 9.56. The highest BCUT2D eigenvalue weighted by Gasteiger charge is 2.06. The Morgan fingerprint density at radius 1 is 1.56 bits per heavy atom. The SMILES string of the molecule is CC(CO)NCC(O)COCc1cccs1. The van der Waals surface area contributed by atoms with E-state index in [1.54, 1.807) is 11.3 Å². The molecule has 1 aromatic rings. The highest BCUT2D eigenvalue weighted by Crippen LogP contribution is 2.09. The molecule has 1 rings (SSSR count). The molecule has 0 aromatic carbocycles. The molecule has 0 bridgehead atoms. The van der Waals surface area contributed by atoms with Gasteiger partial charge < -0.3 is 20.3 Å². The van der Waals surface area contributed by atoms with E-state index in [1.807, 2.05) is 24.4 Å². The summed E-state index contributed by atoms with van der Waals surface area (Å²) in [5.41, 5.74) is 0. The Bertz CT molecular complexity index is 266. The lowest BCUT2D eigenvalue weighted by Gasteiger charge is -2.15. The van der Waals surface area contributed by atoms with Crippen LogP contribution < -0.4 is 5.32 Å². The van der Waals surface area contributed by atoms with E-state index < -0.39 is 6.10 Å². The summed E-state index contributed by atoms with van der Waals surface area (Å²) in [5, 5.41) is 23.3. The van der Waals surface area contributed by atoms with Gasteiger partial charge in [0.2, 0.25) is 0 Å². The highest BCUT2D eigenvalue weighted by molar-refractivity contribution is 7.09. The van der Waals surface area contributed by atoms with E-state index in [-0.39, 0.29) is 12.6 Å². The van der Waals surface area contributed by atoms with Gasteiger partial charge in [-0.2, -0.15) is 0 Å². The number of nitrogens with one attached hydrogen (secondary N) is 1. The third-order valence-corrected chi connectivity index (χ3v) is 2.96. The second-order valence-corrected chi connectivity index (χ2v) is 4.77. The van der Waals surface area contributed by atoms with Crippen LogP contribution in [-0.2, 0) is 11.3 Å². The van der Waals surface area contributed by atoms with Crippen molar-refractivity contribution in [2.45, 2.75) is 25.7 Å². The number of aliphatic hydroxyl groups excluding tert-OH is 2. The van der Waals surface area contributed by atoms with E-state index in [4.69, 9.17) is 9.84 Å². The lowest BCUT2D eigenvalue weighted by molar-refractivity contribution is 0.0279. The van der Waals surface area contributed by atoms with Crippen molar-refractivity contribution < 1.29 is 14.9 Å². The summed E-state index contributed by atoms with van der Waals surface area (Å²) in [7, 11) is 0. The van der Waals surface area contributed by atoms with Crippen LogP contribution in [0.4, 0.5) is 0 Å². The Balaban J connectivity index is 2.04.